The van der Waals surface area contributed by atoms with E-state index in [1.54, 1.807) is 28.8 Å². The third kappa shape index (κ3) is 3.72. The molecule has 26 heavy (non-hydrogen) atoms. The van der Waals surface area contributed by atoms with Crippen molar-refractivity contribution in [1.29, 1.82) is 5.26 Å². The Hall–Kier alpha value is -3.60. The number of halogens is 3. The minimum atomic E-state index is -4.49. The van der Waals surface area contributed by atoms with Crippen LogP contribution in [0.2, 0.25) is 0 Å². The number of nitriles is 1. The quantitative estimate of drug-likeness (QED) is 0.771. The molecule has 1 N–H and O–H groups in total. The number of carbonyl (C=O) groups is 1. The van der Waals surface area contributed by atoms with Crippen LogP contribution in [0.4, 0.5) is 18.9 Å². The van der Waals surface area contributed by atoms with Gasteiger partial charge in [-0.05, 0) is 42.5 Å². The zero-order chi connectivity index (χ0) is 18.7. The molecule has 0 radical (unpaired) electrons. The Morgan fingerprint density at radius 1 is 1.15 bits per heavy atom. The monoisotopic (exact) mass is 356 g/mol. The molecule has 0 aliphatic heterocycles. The molecule has 130 valence electrons. The molecule has 0 spiro atoms. The normalized spacial score (nSPS) is 11.0. The van der Waals surface area contributed by atoms with Crippen LogP contribution in [0, 0.1) is 11.3 Å². The predicted octanol–water partition coefficient (Wildman–Crippen LogP) is 4.02. The van der Waals surface area contributed by atoms with Crippen LogP contribution in [-0.4, -0.2) is 15.5 Å². The molecule has 0 bridgehead atoms. The Kier molecular flexibility index (Phi) is 4.45. The van der Waals surface area contributed by atoms with Crippen LogP contribution in [0.1, 0.15) is 21.6 Å². The van der Waals surface area contributed by atoms with Crippen LogP contribution in [0.5, 0.6) is 0 Å². The van der Waals surface area contributed by atoms with E-state index in [-0.39, 0.29) is 11.4 Å². The van der Waals surface area contributed by atoms with E-state index in [0.717, 1.165) is 12.1 Å². The van der Waals surface area contributed by atoms with E-state index in [9.17, 15) is 18.0 Å². The summed E-state index contributed by atoms with van der Waals surface area (Å²) < 4.78 is 39.7. The zero-order valence-electron chi connectivity index (χ0n) is 13.2. The predicted molar refractivity (Wildman–Crippen MR) is 87.7 cm³/mol. The number of alkyl halides is 3. The maximum Gasteiger partial charge on any atom is 0.416 e. The van der Waals surface area contributed by atoms with Gasteiger partial charge in [0.05, 0.1) is 17.2 Å². The summed E-state index contributed by atoms with van der Waals surface area (Å²) in [5.41, 5.74) is 0.411. The number of anilines is 1. The molecular weight excluding hydrogens is 345 g/mol. The van der Waals surface area contributed by atoms with Gasteiger partial charge in [0.1, 0.15) is 12.0 Å². The van der Waals surface area contributed by atoms with E-state index in [1.165, 1.54) is 24.7 Å². The summed E-state index contributed by atoms with van der Waals surface area (Å²) in [6.45, 7) is 0. The maximum absolute atomic E-state index is 12.7. The second-order valence-corrected chi connectivity index (χ2v) is 5.36. The lowest BCUT2D eigenvalue weighted by molar-refractivity contribution is -0.137. The third-order valence-corrected chi connectivity index (χ3v) is 3.56. The summed E-state index contributed by atoms with van der Waals surface area (Å²) in [5.74, 6) is -0.628. The summed E-state index contributed by atoms with van der Waals surface area (Å²) in [4.78, 5) is 16.2. The van der Waals surface area contributed by atoms with E-state index in [0.29, 0.717) is 11.3 Å². The fourth-order valence-corrected chi connectivity index (χ4v) is 2.26. The lowest BCUT2D eigenvalue weighted by Crippen LogP contribution is -2.13. The third-order valence-electron chi connectivity index (χ3n) is 3.56. The lowest BCUT2D eigenvalue weighted by atomic mass is 10.2. The van der Waals surface area contributed by atoms with E-state index in [1.807, 2.05) is 6.07 Å². The first-order chi connectivity index (χ1) is 12.4. The molecule has 2 aromatic carbocycles. The Balaban J connectivity index is 1.77. The van der Waals surface area contributed by atoms with Gasteiger partial charge >= 0.3 is 6.18 Å². The van der Waals surface area contributed by atoms with Crippen LogP contribution in [0.3, 0.4) is 0 Å². The van der Waals surface area contributed by atoms with Gasteiger partial charge in [0, 0.05) is 17.6 Å². The highest BCUT2D eigenvalue weighted by molar-refractivity contribution is 6.02. The van der Waals surface area contributed by atoms with Crippen LogP contribution in [-0.2, 0) is 6.18 Å². The molecule has 0 saturated heterocycles. The average Bonchev–Trinajstić information content (AvgIpc) is 3.11. The molecule has 1 heterocycles. The highest BCUT2D eigenvalue weighted by atomic mass is 19.4. The average molecular weight is 356 g/mol. The van der Waals surface area contributed by atoms with Crippen molar-refractivity contribution in [3.63, 3.8) is 0 Å². The van der Waals surface area contributed by atoms with Crippen LogP contribution in [0.15, 0.2) is 61.1 Å². The van der Waals surface area contributed by atoms with Gasteiger partial charge in [0.25, 0.3) is 5.91 Å². The SMILES string of the molecule is N#Cc1ccc(-n2cnc(C(=O)Nc3cccc(C(F)(F)F)c3)c2)cc1. The molecule has 5 nitrogen and oxygen atoms in total. The summed E-state index contributed by atoms with van der Waals surface area (Å²) in [5, 5.41) is 11.2. The van der Waals surface area contributed by atoms with Gasteiger partial charge in [0.15, 0.2) is 0 Å². The van der Waals surface area contributed by atoms with Crippen molar-refractivity contribution in [2.45, 2.75) is 6.18 Å². The number of imidazole rings is 1. The van der Waals surface area contributed by atoms with Crippen LogP contribution < -0.4 is 5.32 Å². The largest absolute Gasteiger partial charge is 0.416 e. The van der Waals surface area contributed by atoms with Crippen molar-refractivity contribution in [3.8, 4) is 11.8 Å². The molecule has 0 fully saturated rings. The first kappa shape index (κ1) is 17.2. The van der Waals surface area contributed by atoms with E-state index < -0.39 is 17.6 Å². The van der Waals surface area contributed by atoms with Gasteiger partial charge in [0.2, 0.25) is 0 Å². The van der Waals surface area contributed by atoms with Gasteiger partial charge in [-0.3, -0.25) is 4.79 Å². The number of benzene rings is 2. The molecule has 3 rings (SSSR count). The van der Waals surface area contributed by atoms with Crippen molar-refractivity contribution in [2.24, 2.45) is 0 Å². The molecule has 0 saturated carbocycles. The van der Waals surface area contributed by atoms with Crippen molar-refractivity contribution < 1.29 is 18.0 Å². The van der Waals surface area contributed by atoms with Crippen molar-refractivity contribution in [1.82, 2.24) is 9.55 Å². The number of hydrogen-bond donors (Lipinski definition) is 1. The minimum Gasteiger partial charge on any atom is -0.321 e. The van der Waals surface area contributed by atoms with Crippen LogP contribution >= 0.6 is 0 Å². The van der Waals surface area contributed by atoms with Gasteiger partial charge in [-0.1, -0.05) is 6.07 Å². The van der Waals surface area contributed by atoms with Crippen LogP contribution in [0.25, 0.3) is 5.69 Å². The van der Waals surface area contributed by atoms with Crippen molar-refractivity contribution >= 4 is 11.6 Å². The number of aromatic nitrogens is 2. The van der Waals surface area contributed by atoms with E-state index >= 15 is 0 Å². The standard InChI is InChI=1S/C18H11F3N4O/c19-18(20,21)13-2-1-3-14(8-13)24-17(26)16-10-25(11-23-16)15-6-4-12(9-22)5-7-15/h1-8,10-11H,(H,24,26). The number of hydrogen-bond acceptors (Lipinski definition) is 3. The first-order valence-corrected chi connectivity index (χ1v) is 7.40. The number of nitrogens with zero attached hydrogens (tertiary/aromatic N) is 3. The van der Waals surface area contributed by atoms with Gasteiger partial charge in [-0.25, -0.2) is 4.98 Å². The number of carbonyl (C=O) groups excluding carboxylic acids is 1. The molecule has 1 amide bonds. The second kappa shape index (κ2) is 6.72. The second-order valence-electron chi connectivity index (χ2n) is 5.36. The fourth-order valence-electron chi connectivity index (χ4n) is 2.26. The minimum absolute atomic E-state index is 0.0257. The molecular formula is C18H11F3N4O. The van der Waals surface area contributed by atoms with E-state index in [2.05, 4.69) is 10.3 Å². The summed E-state index contributed by atoms with van der Waals surface area (Å²) in [7, 11) is 0. The Morgan fingerprint density at radius 2 is 1.88 bits per heavy atom. The molecule has 3 aromatic rings. The molecule has 0 aliphatic rings. The van der Waals surface area contributed by atoms with Crippen molar-refractivity contribution in [3.05, 3.63) is 77.9 Å². The Morgan fingerprint density at radius 3 is 2.54 bits per heavy atom. The Labute approximate surface area is 146 Å². The molecule has 0 atom stereocenters. The smallest absolute Gasteiger partial charge is 0.321 e. The first-order valence-electron chi connectivity index (χ1n) is 7.40. The fraction of sp³-hybridized carbons (Fsp3) is 0.0556. The van der Waals surface area contributed by atoms with Gasteiger partial charge < -0.3 is 9.88 Å². The highest BCUT2D eigenvalue weighted by Crippen LogP contribution is 2.30. The zero-order valence-corrected chi connectivity index (χ0v) is 13.2. The number of amides is 1. The van der Waals surface area contributed by atoms with Gasteiger partial charge in [-0.15, -0.1) is 0 Å². The molecule has 0 unspecified atom stereocenters. The number of nitrogens with one attached hydrogen (secondary N) is 1. The topological polar surface area (TPSA) is 70.7 Å². The summed E-state index contributed by atoms with van der Waals surface area (Å²) >= 11 is 0. The van der Waals surface area contributed by atoms with E-state index in [4.69, 9.17) is 5.26 Å². The number of rotatable bonds is 3. The molecule has 0 aliphatic carbocycles. The van der Waals surface area contributed by atoms with Gasteiger partial charge in [-0.2, -0.15) is 18.4 Å². The summed E-state index contributed by atoms with van der Waals surface area (Å²) in [6, 6.07) is 13.0. The molecule has 8 heteroatoms. The highest BCUT2D eigenvalue weighted by Gasteiger charge is 2.30. The summed E-state index contributed by atoms with van der Waals surface area (Å²) in [6.07, 6.45) is -1.63. The Bertz CT molecular complexity index is 985. The lowest BCUT2D eigenvalue weighted by Gasteiger charge is -2.09. The maximum atomic E-state index is 12.7. The van der Waals surface area contributed by atoms with Crippen molar-refractivity contribution in [2.75, 3.05) is 5.32 Å². The molecule has 1 aromatic heterocycles.